The van der Waals surface area contributed by atoms with Crippen LogP contribution in [-0.4, -0.2) is 29.2 Å². The van der Waals surface area contributed by atoms with Crippen LogP contribution < -0.4 is 5.63 Å². The Balaban J connectivity index is 1.97. The molecule has 1 saturated heterocycles. The number of fused-ring (bicyclic) bond motifs is 1. The maximum atomic E-state index is 11.9. The Labute approximate surface area is 143 Å². The molecule has 1 N–H and O–H groups in total. The Morgan fingerprint density at radius 3 is 2.88 bits per heavy atom. The van der Waals surface area contributed by atoms with Crippen molar-refractivity contribution in [2.45, 2.75) is 58.0 Å². The average molecular weight is 329 g/mol. The quantitative estimate of drug-likeness (QED) is 0.851. The van der Waals surface area contributed by atoms with E-state index in [-0.39, 0.29) is 12.2 Å². The van der Waals surface area contributed by atoms with Gasteiger partial charge in [-0.15, -0.1) is 0 Å². The van der Waals surface area contributed by atoms with Gasteiger partial charge in [-0.3, -0.25) is 4.90 Å². The fourth-order valence-electron chi connectivity index (χ4n) is 3.70. The normalized spacial score (nSPS) is 19.2. The molecule has 4 heteroatoms. The van der Waals surface area contributed by atoms with Gasteiger partial charge in [-0.2, -0.15) is 0 Å². The van der Waals surface area contributed by atoms with Crippen LogP contribution in [0, 0.1) is 0 Å². The molecule has 2 aromatic rings. The van der Waals surface area contributed by atoms with Crippen molar-refractivity contribution < 1.29 is 9.52 Å². The van der Waals surface area contributed by atoms with Crippen LogP contribution in [0.1, 0.15) is 56.6 Å². The number of hydrogen-bond donors (Lipinski definition) is 1. The second kappa shape index (κ2) is 7.49. The maximum Gasteiger partial charge on any atom is 0.336 e. The Morgan fingerprint density at radius 1 is 1.29 bits per heavy atom. The van der Waals surface area contributed by atoms with Gasteiger partial charge in [-0.1, -0.05) is 26.3 Å². The molecular formula is C20H27NO3. The van der Waals surface area contributed by atoms with Crippen LogP contribution in [0.4, 0.5) is 0 Å². The number of piperidine rings is 1. The van der Waals surface area contributed by atoms with E-state index in [1.807, 2.05) is 12.1 Å². The maximum absolute atomic E-state index is 11.9. The molecule has 1 atom stereocenters. The lowest BCUT2D eigenvalue weighted by molar-refractivity contribution is 0.113. The van der Waals surface area contributed by atoms with E-state index >= 15 is 0 Å². The third-order valence-electron chi connectivity index (χ3n) is 5.10. The lowest BCUT2D eigenvalue weighted by Gasteiger charge is -2.35. The summed E-state index contributed by atoms with van der Waals surface area (Å²) in [4.78, 5) is 14.4. The van der Waals surface area contributed by atoms with Crippen LogP contribution in [0.15, 0.2) is 33.5 Å². The fourth-order valence-corrected chi connectivity index (χ4v) is 3.70. The molecule has 1 aliphatic rings. The number of aliphatic hydroxyl groups excluding tert-OH is 1. The van der Waals surface area contributed by atoms with Crippen LogP contribution in [0.25, 0.3) is 11.0 Å². The van der Waals surface area contributed by atoms with E-state index in [4.69, 9.17) is 4.42 Å². The van der Waals surface area contributed by atoms with Crippen LogP contribution in [-0.2, 0) is 6.54 Å². The summed E-state index contributed by atoms with van der Waals surface area (Å²) in [5, 5.41) is 10.4. The van der Waals surface area contributed by atoms with Gasteiger partial charge in [-0.25, -0.2) is 4.79 Å². The molecule has 1 aromatic heterocycles. The van der Waals surface area contributed by atoms with E-state index in [2.05, 4.69) is 24.8 Å². The number of hydrogen-bond acceptors (Lipinski definition) is 4. The molecule has 0 saturated carbocycles. The highest BCUT2D eigenvalue weighted by atomic mass is 16.4. The van der Waals surface area contributed by atoms with Gasteiger partial charge in [0, 0.05) is 30.6 Å². The summed E-state index contributed by atoms with van der Waals surface area (Å²) in [6, 6.07) is 8.14. The van der Waals surface area contributed by atoms with E-state index in [0.29, 0.717) is 17.5 Å². The predicted molar refractivity (Wildman–Crippen MR) is 96.3 cm³/mol. The Hall–Kier alpha value is -1.65. The zero-order valence-corrected chi connectivity index (χ0v) is 14.6. The van der Waals surface area contributed by atoms with Crippen molar-refractivity contribution in [2.24, 2.45) is 0 Å². The SMILES string of the molecule is CC(C)c1ccc2oc(=O)cc(CN3CCCC[C@@H]3CCO)c2c1. The highest BCUT2D eigenvalue weighted by Gasteiger charge is 2.23. The average Bonchev–Trinajstić information content (AvgIpc) is 2.56. The van der Waals surface area contributed by atoms with Gasteiger partial charge < -0.3 is 9.52 Å². The van der Waals surface area contributed by atoms with Crippen molar-refractivity contribution in [3.05, 3.63) is 45.8 Å². The first-order chi connectivity index (χ1) is 11.6. The van der Waals surface area contributed by atoms with Gasteiger partial charge in [0.25, 0.3) is 0 Å². The number of likely N-dealkylation sites (tertiary alicyclic amines) is 1. The zero-order chi connectivity index (χ0) is 17.1. The number of benzene rings is 1. The summed E-state index contributed by atoms with van der Waals surface area (Å²) in [5.41, 5.74) is 2.67. The highest BCUT2D eigenvalue weighted by molar-refractivity contribution is 5.81. The second-order valence-electron chi connectivity index (χ2n) is 7.13. The third-order valence-corrected chi connectivity index (χ3v) is 5.10. The molecule has 0 radical (unpaired) electrons. The molecule has 1 aliphatic heterocycles. The summed E-state index contributed by atoms with van der Waals surface area (Å²) in [6.45, 7) is 6.32. The fraction of sp³-hybridized carbons (Fsp3) is 0.550. The van der Waals surface area contributed by atoms with Gasteiger partial charge in [0.2, 0.25) is 0 Å². The van der Waals surface area contributed by atoms with Crippen LogP contribution in [0.3, 0.4) is 0 Å². The smallest absolute Gasteiger partial charge is 0.336 e. The molecule has 1 fully saturated rings. The van der Waals surface area contributed by atoms with Gasteiger partial charge in [0.05, 0.1) is 0 Å². The molecular weight excluding hydrogens is 302 g/mol. The van der Waals surface area contributed by atoms with E-state index in [1.54, 1.807) is 6.07 Å². The summed E-state index contributed by atoms with van der Waals surface area (Å²) < 4.78 is 5.39. The zero-order valence-electron chi connectivity index (χ0n) is 14.6. The number of nitrogens with zero attached hydrogens (tertiary/aromatic N) is 1. The lowest BCUT2D eigenvalue weighted by Crippen LogP contribution is -2.39. The molecule has 2 heterocycles. The molecule has 1 aromatic carbocycles. The Kier molecular flexibility index (Phi) is 5.36. The Bertz CT molecular complexity index is 748. The molecule has 24 heavy (non-hydrogen) atoms. The summed E-state index contributed by atoms with van der Waals surface area (Å²) in [7, 11) is 0. The monoisotopic (exact) mass is 329 g/mol. The van der Waals surface area contributed by atoms with Crippen molar-refractivity contribution in [1.29, 1.82) is 0 Å². The minimum absolute atomic E-state index is 0.219. The molecule has 130 valence electrons. The van der Waals surface area contributed by atoms with E-state index < -0.39 is 0 Å². The standard InChI is InChI=1S/C20H27NO3/c1-14(2)15-6-7-19-18(11-15)16(12-20(23)24-19)13-21-9-4-3-5-17(21)8-10-22/h6-7,11-12,14,17,22H,3-5,8-10,13H2,1-2H3/t17-/m1/s1. The van der Waals surface area contributed by atoms with Crippen molar-refractivity contribution in [3.8, 4) is 0 Å². The third kappa shape index (κ3) is 3.70. The van der Waals surface area contributed by atoms with Crippen molar-refractivity contribution in [2.75, 3.05) is 13.2 Å². The molecule has 0 amide bonds. The van der Waals surface area contributed by atoms with Crippen LogP contribution >= 0.6 is 0 Å². The minimum atomic E-state index is -0.287. The predicted octanol–water partition coefficient (Wildman–Crippen LogP) is 3.65. The van der Waals surface area contributed by atoms with Crippen molar-refractivity contribution in [1.82, 2.24) is 4.90 Å². The van der Waals surface area contributed by atoms with Gasteiger partial charge in [0.1, 0.15) is 5.58 Å². The Morgan fingerprint density at radius 2 is 2.12 bits per heavy atom. The molecule has 4 nitrogen and oxygen atoms in total. The second-order valence-corrected chi connectivity index (χ2v) is 7.13. The van der Waals surface area contributed by atoms with Gasteiger partial charge >= 0.3 is 5.63 Å². The molecule has 0 spiro atoms. The number of aliphatic hydroxyl groups is 1. The van der Waals surface area contributed by atoms with Gasteiger partial charge in [-0.05, 0) is 55.0 Å². The first-order valence-corrected chi connectivity index (χ1v) is 9.00. The largest absolute Gasteiger partial charge is 0.423 e. The summed E-state index contributed by atoms with van der Waals surface area (Å²) in [6.07, 6.45) is 4.32. The number of rotatable bonds is 5. The van der Waals surface area contributed by atoms with Crippen molar-refractivity contribution >= 4 is 11.0 Å². The minimum Gasteiger partial charge on any atom is -0.423 e. The van der Waals surface area contributed by atoms with E-state index in [9.17, 15) is 9.90 Å². The molecule has 0 unspecified atom stereocenters. The first kappa shape index (κ1) is 17.2. The summed E-state index contributed by atoms with van der Waals surface area (Å²) >= 11 is 0. The molecule has 0 bridgehead atoms. The molecule has 3 rings (SSSR count). The van der Waals surface area contributed by atoms with Crippen LogP contribution in [0.5, 0.6) is 0 Å². The van der Waals surface area contributed by atoms with Gasteiger partial charge in [0.15, 0.2) is 0 Å². The van der Waals surface area contributed by atoms with Crippen LogP contribution in [0.2, 0.25) is 0 Å². The molecule has 0 aliphatic carbocycles. The lowest BCUT2D eigenvalue weighted by atomic mass is 9.97. The highest BCUT2D eigenvalue weighted by Crippen LogP contribution is 2.27. The van der Waals surface area contributed by atoms with E-state index in [0.717, 1.165) is 36.9 Å². The van der Waals surface area contributed by atoms with E-state index in [1.165, 1.54) is 18.4 Å². The first-order valence-electron chi connectivity index (χ1n) is 9.00. The van der Waals surface area contributed by atoms with Crippen molar-refractivity contribution in [3.63, 3.8) is 0 Å². The topological polar surface area (TPSA) is 53.7 Å². The summed E-state index contributed by atoms with van der Waals surface area (Å²) in [5.74, 6) is 0.436.